The highest BCUT2D eigenvalue weighted by Gasteiger charge is 2.50. The van der Waals surface area contributed by atoms with Crippen molar-refractivity contribution in [3.63, 3.8) is 0 Å². The van der Waals surface area contributed by atoms with Gasteiger partial charge in [-0.3, -0.25) is 34.2 Å². The average Bonchev–Trinajstić information content (AvgIpc) is 3.77. The van der Waals surface area contributed by atoms with E-state index in [1.807, 2.05) is 26.8 Å². The summed E-state index contributed by atoms with van der Waals surface area (Å²) in [5.74, 6) is -1.63. The van der Waals surface area contributed by atoms with Gasteiger partial charge in [0.15, 0.2) is 0 Å². The Hall–Kier alpha value is -5.22. The molecule has 5 amide bonds. The van der Waals surface area contributed by atoms with E-state index in [0.717, 1.165) is 40.1 Å². The quantitative estimate of drug-likeness (QED) is 0.113. The number of piperidine rings is 1. The summed E-state index contributed by atoms with van der Waals surface area (Å²) in [7, 11) is 3.22. The van der Waals surface area contributed by atoms with Gasteiger partial charge in [-0.2, -0.15) is 25.8 Å². The first-order chi connectivity index (χ1) is 37.9. The Morgan fingerprint density at radius 1 is 1.07 bits per heavy atom. The molecule has 8 rings (SSSR count). The number of pyridine rings is 1. The van der Waals surface area contributed by atoms with E-state index in [0.29, 0.717) is 57.5 Å². The Morgan fingerprint density at radius 3 is 2.46 bits per heavy atom. The van der Waals surface area contributed by atoms with Crippen molar-refractivity contribution in [1.82, 2.24) is 49.8 Å². The van der Waals surface area contributed by atoms with Crippen molar-refractivity contribution in [1.29, 1.82) is 0 Å². The summed E-state index contributed by atoms with van der Waals surface area (Å²) in [6.45, 7) is 19.4. The molecular weight excluding hydrogens is 1050 g/mol. The third-order valence-corrected chi connectivity index (χ3v) is 18.1. The standard InChI is InChI=1S/C59H85F3N10O7S/c1-11-48(73)69-27-28-70(36-59(60,61)62)57(35-69)20-25-68(26-21-57)55(77)66(9)50(38(4)5)52(74)64-45-33-67-23-15-17-40(32-67)42-30-43-44(31-56(7,8)37-79-54(76)58(12-2)19-16-24-72(65-58)53(45)75)51(71(13-3)46(43)29-39(42)6)41-18-14-22-63-49(41)47(34-80)78-10/h11,14,17-18,22,30,38-39,45,47,50,65,80H,1,12-13,15-16,19-21,23-29,31-37H2,2-10H3,(H,64,74)/t39?,45?,47-,50-,58+/m0/s1. The van der Waals surface area contributed by atoms with Crippen LogP contribution in [0.25, 0.3) is 17.3 Å². The summed E-state index contributed by atoms with van der Waals surface area (Å²) in [6, 6.07) is 1.44. The Balaban J connectivity index is 1.11. The maximum atomic E-state index is 15.2. The second kappa shape index (κ2) is 24.7. The van der Waals surface area contributed by atoms with Crippen LogP contribution in [0.2, 0.25) is 0 Å². The molecule has 440 valence electrons. The first-order valence-corrected chi connectivity index (χ1v) is 29.3. The van der Waals surface area contributed by atoms with Crippen LogP contribution >= 0.6 is 12.6 Å². The third kappa shape index (κ3) is 12.6. The molecule has 6 bridgehead atoms. The molecule has 2 N–H and O–H groups in total. The third-order valence-electron chi connectivity index (χ3n) is 17.7. The molecule has 3 unspecified atom stereocenters. The molecule has 6 atom stereocenters. The molecule has 0 radical (unpaired) electrons. The molecule has 17 nitrogen and oxygen atoms in total. The van der Waals surface area contributed by atoms with Gasteiger partial charge in [0.1, 0.15) is 23.7 Å². The maximum absolute atomic E-state index is 15.2. The van der Waals surface area contributed by atoms with E-state index < -0.39 is 71.0 Å². The molecule has 3 saturated heterocycles. The van der Waals surface area contributed by atoms with E-state index in [2.05, 4.69) is 85.3 Å². The van der Waals surface area contributed by atoms with E-state index in [9.17, 15) is 32.3 Å². The molecule has 21 heteroatoms. The van der Waals surface area contributed by atoms with Crippen molar-refractivity contribution in [2.45, 2.75) is 142 Å². The van der Waals surface area contributed by atoms with Crippen LogP contribution in [0, 0.1) is 17.3 Å². The number of carbonyl (C=O) groups is 5. The molecule has 3 fully saturated rings. The van der Waals surface area contributed by atoms with E-state index in [4.69, 9.17) is 14.5 Å². The fraction of sp³-hybridized carbons (Fsp3) is 0.661. The summed E-state index contributed by atoms with van der Waals surface area (Å²) in [6.07, 6.45) is 6.46. The number of alkyl halides is 3. The number of aromatic nitrogens is 2. The molecule has 80 heavy (non-hydrogen) atoms. The minimum absolute atomic E-state index is 0.0291. The number of ether oxygens (including phenoxy) is 2. The van der Waals surface area contributed by atoms with E-state index in [1.54, 1.807) is 25.3 Å². The minimum atomic E-state index is -4.46. The van der Waals surface area contributed by atoms with E-state index in [-0.39, 0.29) is 83.2 Å². The number of nitrogens with one attached hydrogen (secondary N) is 2. The lowest BCUT2D eigenvalue weighted by Crippen LogP contribution is -2.68. The second-order valence-corrected chi connectivity index (χ2v) is 24.5. The van der Waals surface area contributed by atoms with Gasteiger partial charge in [-0.25, -0.2) is 15.0 Å². The van der Waals surface area contributed by atoms with Crippen molar-refractivity contribution >= 4 is 48.4 Å². The Bertz CT molecular complexity index is 2710. The van der Waals surface area contributed by atoms with E-state index in [1.165, 1.54) is 37.1 Å². The van der Waals surface area contributed by atoms with Gasteiger partial charge in [-0.15, -0.1) is 0 Å². The number of hydrazine groups is 1. The van der Waals surface area contributed by atoms with Gasteiger partial charge in [0.25, 0.3) is 5.91 Å². The number of likely N-dealkylation sites (N-methyl/N-ethyl adjacent to an activating group) is 1. The number of likely N-dealkylation sites (tertiary alicyclic amines) is 1. The number of halogens is 3. The topological polar surface area (TPSA) is 165 Å². The molecule has 1 spiro atoms. The molecule has 2 aromatic rings. The SMILES string of the molecule is C=CC(=O)N1CCN(CC(F)(F)F)C2(CCN(C(=O)N(C)[C@H](C(=O)NC3CN4CCC=C(C4)C4=Cc5c(c(-c6cccnc6[C@H](CS)OC)n(CC)c5CC4C)CC(C)(C)COC(=O)[C@@]4(CC)CCCN(N4)C3=O)C(C)C)CC2)C1. The highest BCUT2D eigenvalue weighted by atomic mass is 32.1. The predicted molar refractivity (Wildman–Crippen MR) is 304 cm³/mol. The lowest BCUT2D eigenvalue weighted by atomic mass is 9.79. The number of fused-ring (bicyclic) bond motifs is 5. The molecule has 6 aliphatic rings. The van der Waals surface area contributed by atoms with Crippen LogP contribution in [0.1, 0.15) is 116 Å². The fourth-order valence-corrected chi connectivity index (χ4v) is 13.8. The smallest absolute Gasteiger partial charge is 0.401 e. The normalized spacial score (nSPS) is 25.4. The molecule has 7 heterocycles. The van der Waals surface area contributed by atoms with Crippen LogP contribution in [0.3, 0.4) is 0 Å². The number of thiol groups is 1. The number of carbonyl (C=O) groups excluding carboxylic acids is 5. The van der Waals surface area contributed by atoms with Gasteiger partial charge in [0, 0.05) is 114 Å². The van der Waals surface area contributed by atoms with Crippen molar-refractivity contribution < 1.29 is 46.6 Å². The lowest BCUT2D eigenvalue weighted by molar-refractivity contribution is -0.174. The number of hydrogen-bond donors (Lipinski definition) is 3. The van der Waals surface area contributed by atoms with Crippen molar-refractivity contribution in [2.24, 2.45) is 17.3 Å². The van der Waals surface area contributed by atoms with Crippen LogP contribution in [0.15, 0.2) is 48.2 Å². The van der Waals surface area contributed by atoms with Crippen LogP contribution in [0.4, 0.5) is 18.0 Å². The molecule has 5 aliphatic heterocycles. The molecule has 1 aliphatic carbocycles. The first-order valence-electron chi connectivity index (χ1n) is 28.7. The van der Waals surface area contributed by atoms with Crippen LogP contribution in [0.5, 0.6) is 0 Å². The average molecular weight is 1140 g/mol. The summed E-state index contributed by atoms with van der Waals surface area (Å²) >= 11 is 4.67. The van der Waals surface area contributed by atoms with Gasteiger partial charge in [0.05, 0.1) is 24.5 Å². The summed E-state index contributed by atoms with van der Waals surface area (Å²) in [5.41, 5.74) is 9.24. The number of hydrogen-bond acceptors (Lipinski definition) is 12. The van der Waals surface area contributed by atoms with Crippen LogP contribution in [-0.2, 0) is 48.0 Å². The zero-order valence-electron chi connectivity index (χ0n) is 48.4. The van der Waals surface area contributed by atoms with Gasteiger partial charge in [-0.05, 0) is 117 Å². The molecular formula is C59H85F3N10O7S. The highest BCUT2D eigenvalue weighted by molar-refractivity contribution is 7.80. The van der Waals surface area contributed by atoms with E-state index >= 15 is 4.79 Å². The predicted octanol–water partition coefficient (Wildman–Crippen LogP) is 7.08. The van der Waals surface area contributed by atoms with Crippen molar-refractivity contribution in [3.8, 4) is 11.3 Å². The lowest BCUT2D eigenvalue weighted by Gasteiger charge is -2.54. The van der Waals surface area contributed by atoms with Gasteiger partial charge in [0.2, 0.25) is 11.8 Å². The zero-order valence-corrected chi connectivity index (χ0v) is 49.3. The largest absolute Gasteiger partial charge is 0.464 e. The van der Waals surface area contributed by atoms with Crippen LogP contribution < -0.4 is 10.7 Å². The van der Waals surface area contributed by atoms with Crippen molar-refractivity contribution in [2.75, 3.05) is 92.0 Å². The summed E-state index contributed by atoms with van der Waals surface area (Å²) in [5, 5.41) is 4.59. The Labute approximate surface area is 476 Å². The zero-order chi connectivity index (χ0) is 58.1. The first kappa shape index (κ1) is 60.9. The minimum Gasteiger partial charge on any atom is -0.464 e. The number of cyclic esters (lactones) is 1. The second-order valence-electron chi connectivity index (χ2n) is 24.1. The summed E-state index contributed by atoms with van der Waals surface area (Å²) in [4.78, 5) is 85.1. The Kier molecular flexibility index (Phi) is 18.8. The number of esters is 1. The number of rotatable bonds is 12. The highest BCUT2D eigenvalue weighted by Crippen LogP contribution is 2.45. The number of urea groups is 1. The van der Waals surface area contributed by atoms with Crippen LogP contribution in [-0.4, -0.2) is 190 Å². The molecule has 0 saturated carbocycles. The Morgan fingerprint density at radius 2 is 1.81 bits per heavy atom. The fourth-order valence-electron chi connectivity index (χ4n) is 13.5. The van der Waals surface area contributed by atoms with Gasteiger partial charge >= 0.3 is 18.2 Å². The number of piperazine rings is 1. The molecule has 2 aromatic heterocycles. The molecule has 0 aromatic carbocycles. The summed E-state index contributed by atoms with van der Waals surface area (Å²) < 4.78 is 56.6. The number of amides is 5. The monoisotopic (exact) mass is 1130 g/mol. The van der Waals surface area contributed by atoms with Crippen molar-refractivity contribution in [3.05, 3.63) is 70.7 Å². The number of methoxy groups -OCH3 is 1. The van der Waals surface area contributed by atoms with Gasteiger partial charge < -0.3 is 34.1 Å². The maximum Gasteiger partial charge on any atom is 0.401 e. The van der Waals surface area contributed by atoms with Gasteiger partial charge in [-0.1, -0.05) is 54.2 Å². The number of nitrogens with zero attached hydrogens (tertiary/aromatic N) is 8.